The molecule has 6 heteroatoms. The normalized spacial score (nSPS) is 10.8. The van der Waals surface area contributed by atoms with Gasteiger partial charge in [0, 0.05) is 23.0 Å². The smallest absolute Gasteiger partial charge is 0.365 e. The Morgan fingerprint density at radius 2 is 2.10 bits per heavy atom. The summed E-state index contributed by atoms with van der Waals surface area (Å²) in [6, 6.07) is 8.83. The van der Waals surface area contributed by atoms with Crippen molar-refractivity contribution in [1.29, 1.82) is 0 Å². The minimum atomic E-state index is -1.02. The van der Waals surface area contributed by atoms with Gasteiger partial charge in [0.1, 0.15) is 0 Å². The van der Waals surface area contributed by atoms with Crippen molar-refractivity contribution < 1.29 is 9.90 Å². The quantitative estimate of drug-likeness (QED) is 0.801. The number of pyridine rings is 1. The van der Waals surface area contributed by atoms with Gasteiger partial charge < -0.3 is 9.67 Å². The Hall–Kier alpha value is -2.47. The van der Waals surface area contributed by atoms with Crippen LogP contribution in [0.3, 0.4) is 0 Å². The predicted octanol–water partition coefficient (Wildman–Crippen LogP) is 2.20. The summed E-state index contributed by atoms with van der Waals surface area (Å²) in [6.07, 6.45) is 1.70. The Morgan fingerprint density at radius 3 is 2.85 bits per heavy atom. The Kier molecular flexibility index (Phi) is 3.08. The van der Waals surface area contributed by atoms with Crippen LogP contribution in [-0.2, 0) is 6.54 Å². The number of carbonyl (C=O) groups is 1. The van der Waals surface area contributed by atoms with Gasteiger partial charge in [0.2, 0.25) is 5.01 Å². The Labute approximate surface area is 117 Å². The summed E-state index contributed by atoms with van der Waals surface area (Å²) in [5, 5.41) is 11.3. The SMILES string of the molecule is O=C(O)c1nc(Cn2ccc(=O)c3ccccc32)cs1. The van der Waals surface area contributed by atoms with Crippen LogP contribution in [0.15, 0.2) is 46.7 Å². The van der Waals surface area contributed by atoms with E-state index in [1.807, 2.05) is 22.8 Å². The van der Waals surface area contributed by atoms with Gasteiger partial charge >= 0.3 is 5.97 Å². The third-order valence-electron chi connectivity index (χ3n) is 2.95. The second kappa shape index (κ2) is 4.90. The molecule has 0 saturated carbocycles. The topological polar surface area (TPSA) is 72.2 Å². The average molecular weight is 286 g/mol. The predicted molar refractivity (Wildman–Crippen MR) is 76.4 cm³/mol. The molecule has 0 aliphatic heterocycles. The maximum absolute atomic E-state index is 11.8. The number of rotatable bonds is 3. The molecular weight excluding hydrogens is 276 g/mol. The van der Waals surface area contributed by atoms with Gasteiger partial charge in [-0.05, 0) is 12.1 Å². The molecule has 0 atom stereocenters. The zero-order valence-electron chi connectivity index (χ0n) is 10.3. The minimum absolute atomic E-state index is 0.0265. The van der Waals surface area contributed by atoms with Gasteiger partial charge in [-0.25, -0.2) is 9.78 Å². The van der Waals surface area contributed by atoms with E-state index < -0.39 is 5.97 Å². The highest BCUT2D eigenvalue weighted by molar-refractivity contribution is 7.11. The van der Waals surface area contributed by atoms with Crippen LogP contribution in [0.5, 0.6) is 0 Å². The summed E-state index contributed by atoms with van der Waals surface area (Å²) in [5.41, 5.74) is 1.45. The van der Waals surface area contributed by atoms with E-state index in [0.29, 0.717) is 17.6 Å². The molecule has 0 unspecified atom stereocenters. The summed E-state index contributed by atoms with van der Waals surface area (Å²) < 4.78 is 1.89. The lowest BCUT2D eigenvalue weighted by Gasteiger charge is -2.08. The molecule has 0 fully saturated rings. The molecule has 0 radical (unpaired) electrons. The molecule has 2 aromatic heterocycles. The van der Waals surface area contributed by atoms with Crippen molar-refractivity contribution in [2.75, 3.05) is 0 Å². The number of hydrogen-bond donors (Lipinski definition) is 1. The first-order chi connectivity index (χ1) is 9.65. The maximum atomic E-state index is 11.8. The Morgan fingerprint density at radius 1 is 1.30 bits per heavy atom. The van der Waals surface area contributed by atoms with E-state index in [2.05, 4.69) is 4.98 Å². The van der Waals surface area contributed by atoms with E-state index in [-0.39, 0.29) is 10.4 Å². The number of aromatic nitrogens is 2. The first kappa shape index (κ1) is 12.6. The number of benzene rings is 1. The number of para-hydroxylation sites is 1. The molecule has 0 amide bonds. The minimum Gasteiger partial charge on any atom is -0.476 e. The number of thiazole rings is 1. The van der Waals surface area contributed by atoms with Gasteiger partial charge in [-0.1, -0.05) is 12.1 Å². The lowest BCUT2D eigenvalue weighted by molar-refractivity contribution is 0.0696. The van der Waals surface area contributed by atoms with Crippen LogP contribution in [0.2, 0.25) is 0 Å². The van der Waals surface area contributed by atoms with Crippen molar-refractivity contribution >= 4 is 28.2 Å². The summed E-state index contributed by atoms with van der Waals surface area (Å²) in [7, 11) is 0. The molecule has 2 heterocycles. The molecule has 0 aliphatic rings. The van der Waals surface area contributed by atoms with Gasteiger partial charge in [-0.2, -0.15) is 0 Å². The van der Waals surface area contributed by atoms with Crippen molar-refractivity contribution in [3.8, 4) is 0 Å². The van der Waals surface area contributed by atoms with E-state index in [1.54, 1.807) is 17.6 Å². The van der Waals surface area contributed by atoms with E-state index in [0.717, 1.165) is 16.9 Å². The first-order valence-corrected chi connectivity index (χ1v) is 6.79. The van der Waals surface area contributed by atoms with Gasteiger partial charge in [0.15, 0.2) is 5.43 Å². The fourth-order valence-electron chi connectivity index (χ4n) is 2.05. The van der Waals surface area contributed by atoms with E-state index in [4.69, 9.17) is 5.11 Å². The van der Waals surface area contributed by atoms with E-state index in [1.165, 1.54) is 6.07 Å². The molecule has 5 nitrogen and oxygen atoms in total. The fraction of sp³-hybridized carbons (Fsp3) is 0.0714. The standard InChI is InChI=1S/C14H10N2O3S/c17-12-5-6-16(11-4-2-1-3-10(11)12)7-9-8-20-13(15-9)14(18)19/h1-6,8H,7H2,(H,18,19). The Bertz CT molecular complexity index is 851. The zero-order valence-corrected chi connectivity index (χ0v) is 11.1. The molecule has 1 aromatic carbocycles. The van der Waals surface area contributed by atoms with Gasteiger partial charge in [0.05, 0.1) is 17.8 Å². The second-order valence-electron chi connectivity index (χ2n) is 4.27. The van der Waals surface area contributed by atoms with Gasteiger partial charge in [0.25, 0.3) is 0 Å². The summed E-state index contributed by atoms with van der Waals surface area (Å²) in [4.78, 5) is 26.6. The van der Waals surface area contributed by atoms with E-state index in [9.17, 15) is 9.59 Å². The molecule has 3 rings (SSSR count). The number of fused-ring (bicyclic) bond motifs is 1. The lowest BCUT2D eigenvalue weighted by atomic mass is 10.2. The van der Waals surface area contributed by atoms with Crippen LogP contribution in [-0.4, -0.2) is 20.6 Å². The molecule has 1 N–H and O–H groups in total. The number of carboxylic acid groups (broad SMARTS) is 1. The molecule has 100 valence electrons. The highest BCUT2D eigenvalue weighted by atomic mass is 32.1. The largest absolute Gasteiger partial charge is 0.476 e. The number of hydrogen-bond acceptors (Lipinski definition) is 4. The van der Waals surface area contributed by atoms with Crippen LogP contribution in [0.1, 0.15) is 15.5 Å². The van der Waals surface area contributed by atoms with Crippen LogP contribution >= 0.6 is 11.3 Å². The third-order valence-corrected chi connectivity index (χ3v) is 3.83. The van der Waals surface area contributed by atoms with Crippen LogP contribution in [0, 0.1) is 0 Å². The summed E-state index contributed by atoms with van der Waals surface area (Å²) in [6.45, 7) is 0.435. The summed E-state index contributed by atoms with van der Waals surface area (Å²) >= 11 is 1.10. The number of nitrogens with zero attached hydrogens (tertiary/aromatic N) is 2. The van der Waals surface area contributed by atoms with Crippen LogP contribution in [0.25, 0.3) is 10.9 Å². The lowest BCUT2D eigenvalue weighted by Crippen LogP contribution is -2.09. The molecule has 0 saturated heterocycles. The Balaban J connectivity index is 2.04. The van der Waals surface area contributed by atoms with Crippen molar-refractivity contribution in [3.05, 3.63) is 62.8 Å². The van der Waals surface area contributed by atoms with Crippen molar-refractivity contribution in [2.45, 2.75) is 6.54 Å². The number of aromatic carboxylic acids is 1. The molecule has 0 aliphatic carbocycles. The maximum Gasteiger partial charge on any atom is 0.365 e. The first-order valence-electron chi connectivity index (χ1n) is 5.91. The summed E-state index contributed by atoms with van der Waals surface area (Å²) in [5.74, 6) is -1.02. The van der Waals surface area contributed by atoms with Crippen LogP contribution < -0.4 is 5.43 Å². The monoisotopic (exact) mass is 286 g/mol. The molecule has 3 aromatic rings. The van der Waals surface area contributed by atoms with Crippen molar-refractivity contribution in [1.82, 2.24) is 9.55 Å². The highest BCUT2D eigenvalue weighted by Crippen LogP contribution is 2.14. The zero-order chi connectivity index (χ0) is 14.1. The van der Waals surface area contributed by atoms with Gasteiger partial charge in [-0.15, -0.1) is 11.3 Å². The van der Waals surface area contributed by atoms with Crippen molar-refractivity contribution in [2.24, 2.45) is 0 Å². The van der Waals surface area contributed by atoms with Crippen LogP contribution in [0.4, 0.5) is 0 Å². The third kappa shape index (κ3) is 2.21. The highest BCUT2D eigenvalue weighted by Gasteiger charge is 2.10. The van der Waals surface area contributed by atoms with Crippen molar-refractivity contribution in [3.63, 3.8) is 0 Å². The second-order valence-corrected chi connectivity index (χ2v) is 5.13. The molecule has 0 bridgehead atoms. The molecule has 20 heavy (non-hydrogen) atoms. The van der Waals surface area contributed by atoms with E-state index >= 15 is 0 Å². The fourth-order valence-corrected chi connectivity index (χ4v) is 2.70. The molecular formula is C14H10N2O3S. The van der Waals surface area contributed by atoms with Gasteiger partial charge in [-0.3, -0.25) is 4.79 Å². The molecule has 0 spiro atoms. The average Bonchev–Trinajstić information content (AvgIpc) is 2.91. The number of carboxylic acids is 1.